The second kappa shape index (κ2) is 11.8. The lowest BCUT2D eigenvalue weighted by molar-refractivity contribution is -0.139. The number of nitrogens with two attached hydrogens (primary N) is 1. The number of carbonyl (C=O) groups excluding carboxylic acids is 1. The molecule has 1 unspecified atom stereocenters. The van der Waals surface area contributed by atoms with Gasteiger partial charge in [0.15, 0.2) is 0 Å². The monoisotopic (exact) mass is 565 g/mol. The van der Waals surface area contributed by atoms with E-state index in [4.69, 9.17) is 16.7 Å². The van der Waals surface area contributed by atoms with Gasteiger partial charge >= 0.3 is 5.97 Å². The predicted molar refractivity (Wildman–Crippen MR) is 138 cm³/mol. The normalized spacial score (nSPS) is 12.6. The zero-order chi connectivity index (χ0) is 27.2. The van der Waals surface area contributed by atoms with Crippen molar-refractivity contribution in [1.82, 2.24) is 10.0 Å². The molecule has 196 valence electrons. The first-order chi connectivity index (χ1) is 17.4. The number of nitrogens with one attached hydrogen (secondary N) is 2. The van der Waals surface area contributed by atoms with Crippen molar-refractivity contribution in [3.05, 3.63) is 83.4 Å². The van der Waals surface area contributed by atoms with E-state index >= 15 is 0 Å². The minimum Gasteiger partial charge on any atom is -0.480 e. The molecule has 37 heavy (non-hydrogen) atoms. The van der Waals surface area contributed by atoms with Crippen LogP contribution >= 0.6 is 11.6 Å². The molecule has 0 aliphatic carbocycles. The van der Waals surface area contributed by atoms with Crippen molar-refractivity contribution in [3.8, 4) is 11.1 Å². The van der Waals surface area contributed by atoms with Gasteiger partial charge in [0, 0.05) is 17.1 Å². The first kappa shape index (κ1) is 28.3. The quantitative estimate of drug-likeness (QED) is 0.258. The Labute approximate surface area is 219 Å². The van der Waals surface area contributed by atoms with Crippen LogP contribution in [0, 0.1) is 0 Å². The Morgan fingerprint density at radius 3 is 1.86 bits per heavy atom. The van der Waals surface area contributed by atoms with Gasteiger partial charge in [0.05, 0.1) is 9.79 Å². The predicted octanol–water partition coefficient (Wildman–Crippen LogP) is 2.60. The minimum absolute atomic E-state index is 0.0665. The number of sulfonamides is 2. The summed E-state index contributed by atoms with van der Waals surface area (Å²) in [5.41, 5.74) is 1.79. The van der Waals surface area contributed by atoms with E-state index in [0.29, 0.717) is 5.02 Å². The topological polar surface area (TPSA) is 173 Å². The lowest BCUT2D eigenvalue weighted by Crippen LogP contribution is -2.41. The number of benzene rings is 3. The molecule has 0 heterocycles. The van der Waals surface area contributed by atoms with E-state index in [1.165, 1.54) is 36.4 Å². The molecule has 0 aliphatic rings. The molecule has 3 rings (SSSR count). The third kappa shape index (κ3) is 7.84. The highest BCUT2D eigenvalue weighted by Crippen LogP contribution is 2.23. The molecule has 0 bridgehead atoms. The number of aliphatic carboxylic acids is 1. The van der Waals surface area contributed by atoms with Gasteiger partial charge in [0.25, 0.3) is 5.91 Å². The third-order valence-electron chi connectivity index (χ3n) is 5.34. The van der Waals surface area contributed by atoms with Crippen LogP contribution in [0.2, 0.25) is 5.02 Å². The molecule has 0 radical (unpaired) electrons. The fraction of sp³-hybridized carbons (Fsp3) is 0.167. The first-order valence-electron chi connectivity index (χ1n) is 10.9. The number of primary sulfonamides is 1. The highest BCUT2D eigenvalue weighted by Gasteiger charge is 2.25. The van der Waals surface area contributed by atoms with Crippen LogP contribution in [0.25, 0.3) is 11.1 Å². The maximum atomic E-state index is 12.8. The van der Waals surface area contributed by atoms with Crippen LogP contribution in [0.3, 0.4) is 0 Å². The molecule has 0 aliphatic heterocycles. The number of amides is 1. The summed E-state index contributed by atoms with van der Waals surface area (Å²) >= 11 is 5.89. The molecule has 0 spiro atoms. The average molecular weight is 566 g/mol. The smallest absolute Gasteiger partial charge is 0.321 e. The summed E-state index contributed by atoms with van der Waals surface area (Å²) in [6.45, 7) is 0.0665. The molecule has 1 atom stereocenters. The number of hydrogen-bond donors (Lipinski definition) is 4. The van der Waals surface area contributed by atoms with Crippen LogP contribution in [-0.4, -0.2) is 46.4 Å². The van der Waals surface area contributed by atoms with Gasteiger partial charge in [0.1, 0.15) is 6.04 Å². The molecule has 0 saturated heterocycles. The SMILES string of the molecule is NS(=O)(=O)c1ccc(C(=O)NCCCC(NS(=O)(=O)c2ccc(-c3ccc(Cl)cc3)cc2)C(=O)O)cc1. The number of rotatable bonds is 11. The van der Waals surface area contributed by atoms with E-state index in [1.807, 2.05) is 0 Å². The second-order valence-corrected chi connectivity index (χ2v) is 11.7. The molecule has 0 fully saturated rings. The summed E-state index contributed by atoms with van der Waals surface area (Å²) < 4.78 is 50.3. The molecule has 10 nitrogen and oxygen atoms in total. The number of halogens is 1. The van der Waals surface area contributed by atoms with E-state index in [2.05, 4.69) is 10.0 Å². The fourth-order valence-electron chi connectivity index (χ4n) is 3.36. The Morgan fingerprint density at radius 1 is 0.838 bits per heavy atom. The van der Waals surface area contributed by atoms with Gasteiger partial charge in [-0.05, 0) is 72.5 Å². The average Bonchev–Trinajstić information content (AvgIpc) is 2.85. The minimum atomic E-state index is -4.12. The van der Waals surface area contributed by atoms with Crippen LogP contribution < -0.4 is 15.2 Å². The largest absolute Gasteiger partial charge is 0.480 e. The van der Waals surface area contributed by atoms with Gasteiger partial charge < -0.3 is 10.4 Å². The van der Waals surface area contributed by atoms with Crippen LogP contribution in [-0.2, 0) is 24.8 Å². The van der Waals surface area contributed by atoms with Gasteiger partial charge in [-0.2, -0.15) is 4.72 Å². The van der Waals surface area contributed by atoms with E-state index in [0.717, 1.165) is 11.1 Å². The molecular weight excluding hydrogens is 542 g/mol. The Hall–Kier alpha value is -3.29. The molecule has 3 aromatic carbocycles. The lowest BCUT2D eigenvalue weighted by Gasteiger charge is -2.15. The Kier molecular flexibility index (Phi) is 9.05. The molecule has 1 amide bonds. The van der Waals surface area contributed by atoms with E-state index in [1.54, 1.807) is 36.4 Å². The molecule has 0 saturated carbocycles. The molecular formula is C24H24ClN3O7S2. The summed E-state index contributed by atoms with van der Waals surface area (Å²) in [5.74, 6) is -1.86. The zero-order valence-electron chi connectivity index (χ0n) is 19.3. The summed E-state index contributed by atoms with van der Waals surface area (Å²) in [7, 11) is -8.00. The van der Waals surface area contributed by atoms with Crippen molar-refractivity contribution in [2.24, 2.45) is 5.14 Å². The Bertz CT molecular complexity index is 1470. The third-order valence-corrected chi connectivity index (χ3v) is 8.01. The second-order valence-electron chi connectivity index (χ2n) is 8.01. The molecule has 13 heteroatoms. The van der Waals surface area contributed by atoms with Crippen molar-refractivity contribution >= 4 is 43.5 Å². The molecule has 5 N–H and O–H groups in total. The van der Waals surface area contributed by atoms with Crippen LogP contribution in [0.1, 0.15) is 23.2 Å². The number of carbonyl (C=O) groups is 2. The highest BCUT2D eigenvalue weighted by atomic mass is 35.5. The van der Waals surface area contributed by atoms with Crippen LogP contribution in [0.4, 0.5) is 0 Å². The van der Waals surface area contributed by atoms with Gasteiger partial charge in [-0.3, -0.25) is 9.59 Å². The first-order valence-corrected chi connectivity index (χ1v) is 14.3. The number of hydrogen-bond acceptors (Lipinski definition) is 6. The summed E-state index contributed by atoms with van der Waals surface area (Å²) in [5, 5.41) is 17.7. The molecule has 3 aromatic rings. The van der Waals surface area contributed by atoms with E-state index in [-0.39, 0.29) is 34.7 Å². The Balaban J connectivity index is 1.56. The Morgan fingerprint density at radius 2 is 1.35 bits per heavy atom. The van der Waals surface area contributed by atoms with Crippen molar-refractivity contribution in [1.29, 1.82) is 0 Å². The van der Waals surface area contributed by atoms with Crippen LogP contribution in [0.15, 0.2) is 82.6 Å². The summed E-state index contributed by atoms with van der Waals surface area (Å²) in [6, 6.07) is 16.6. The zero-order valence-corrected chi connectivity index (χ0v) is 21.7. The van der Waals surface area contributed by atoms with Crippen molar-refractivity contribution < 1.29 is 31.5 Å². The van der Waals surface area contributed by atoms with Crippen molar-refractivity contribution in [3.63, 3.8) is 0 Å². The summed E-state index contributed by atoms with van der Waals surface area (Å²) in [6.07, 6.45) is 0.0814. The highest BCUT2D eigenvalue weighted by molar-refractivity contribution is 7.89. The maximum Gasteiger partial charge on any atom is 0.321 e. The van der Waals surface area contributed by atoms with Gasteiger partial charge in [-0.15, -0.1) is 0 Å². The van der Waals surface area contributed by atoms with Crippen molar-refractivity contribution in [2.45, 2.75) is 28.7 Å². The maximum absolute atomic E-state index is 12.8. The molecule has 0 aromatic heterocycles. The van der Waals surface area contributed by atoms with Crippen molar-refractivity contribution in [2.75, 3.05) is 6.54 Å². The number of carboxylic acid groups (broad SMARTS) is 1. The number of carboxylic acids is 1. The van der Waals surface area contributed by atoms with Gasteiger partial charge in [0.2, 0.25) is 20.0 Å². The van der Waals surface area contributed by atoms with Gasteiger partial charge in [-0.25, -0.2) is 22.0 Å². The fourth-order valence-corrected chi connectivity index (χ4v) is 5.23. The van der Waals surface area contributed by atoms with E-state index < -0.39 is 38.0 Å². The van der Waals surface area contributed by atoms with Crippen LogP contribution in [0.5, 0.6) is 0 Å². The lowest BCUT2D eigenvalue weighted by atomic mass is 10.1. The van der Waals surface area contributed by atoms with Gasteiger partial charge in [-0.1, -0.05) is 35.9 Å². The summed E-state index contributed by atoms with van der Waals surface area (Å²) in [4.78, 5) is 23.6. The van der Waals surface area contributed by atoms with E-state index in [9.17, 15) is 31.5 Å². The standard InChI is InChI=1S/C24H24ClN3O7S2/c25-19-9-3-16(4-10-19)17-5-13-21(14-6-17)37(34,35)28-22(24(30)31)2-1-15-27-23(29)18-7-11-20(12-8-18)36(26,32)33/h3-14,22,28H,1-2,15H2,(H,27,29)(H,30,31)(H2,26,32,33).